The van der Waals surface area contributed by atoms with Crippen LogP contribution in [-0.4, -0.2) is 9.91 Å². The maximum atomic E-state index is 4.08. The van der Waals surface area contributed by atoms with E-state index in [0.717, 1.165) is 24.9 Å². The number of aromatic nitrogens is 4. The van der Waals surface area contributed by atoms with Crippen molar-refractivity contribution in [3.63, 3.8) is 0 Å². The standard InChI is InChI=1S/C24H36N2.C23H33N2.2C5H10.CH3I.2Fe.HI/c1-25-18-13-23(14-19-25)24-15-20-26(21-16-24)17-9-5-3-2-4-6-10-22-11-7-8-12-22;1(3-5-9-21-10-6-7-11-21)2-4-8-18-25-19-14-23(15-20-25)22-12-16-24-17-13-22;2*1-2-4-5-3-1;1-2;;;/h13-16,18-22H,2-12,17H2,1H3;12-17,19-21H,1-11,18H2;2*1-5H2;1H3;;;1H/q+2;+1;;;;;;/p-1. The Morgan fingerprint density at radius 2 is 0.667 bits per heavy atom. The van der Waals surface area contributed by atoms with Crippen LogP contribution in [-0.2, 0) is 54.3 Å². The molecule has 8 heteroatoms. The average molecular weight is 1210 g/mol. The summed E-state index contributed by atoms with van der Waals surface area (Å²) in [6.07, 6.45) is 63.6. The van der Waals surface area contributed by atoms with Gasteiger partial charge in [-0.25, -0.2) is 13.7 Å². The predicted octanol–water partition coefficient (Wildman–Crippen LogP) is 13.3. The molecule has 0 amide bonds. The first-order valence-electron chi connectivity index (χ1n) is 26.4. The van der Waals surface area contributed by atoms with Crippen LogP contribution in [0.5, 0.6) is 0 Å². The number of alkyl halides is 1. The van der Waals surface area contributed by atoms with Crippen molar-refractivity contribution in [2.24, 2.45) is 18.9 Å². The largest absolute Gasteiger partial charge is 1.00 e. The molecular weight excluding hydrogens is 1120 g/mol. The zero-order chi connectivity index (χ0) is 44.3. The molecule has 4 aromatic rings. The number of pyridine rings is 4. The van der Waals surface area contributed by atoms with E-state index in [2.05, 4.69) is 134 Å². The second-order valence-electron chi connectivity index (χ2n) is 19.3. The summed E-state index contributed by atoms with van der Waals surface area (Å²) in [7, 11) is 2.05. The van der Waals surface area contributed by atoms with Crippen molar-refractivity contribution in [1.29, 1.82) is 0 Å². The maximum Gasteiger partial charge on any atom is 0.169 e. The molecule has 8 rings (SSSR count). The third-order valence-corrected chi connectivity index (χ3v) is 14.1. The van der Waals surface area contributed by atoms with Gasteiger partial charge >= 0.3 is 0 Å². The third kappa shape index (κ3) is 29.3. The minimum absolute atomic E-state index is 0. The predicted molar refractivity (Wildman–Crippen MR) is 278 cm³/mol. The molecule has 0 radical (unpaired) electrons. The van der Waals surface area contributed by atoms with Crippen molar-refractivity contribution in [3.05, 3.63) is 98.1 Å². The van der Waals surface area contributed by atoms with Crippen LogP contribution in [0.2, 0.25) is 0 Å². The summed E-state index contributed by atoms with van der Waals surface area (Å²) in [4.78, 5) is 6.05. The zero-order valence-corrected chi connectivity index (χ0v) is 48.2. The molecule has 372 valence electrons. The smallest absolute Gasteiger partial charge is 0.169 e. The van der Waals surface area contributed by atoms with Gasteiger partial charge in [0.1, 0.15) is 20.1 Å². The summed E-state index contributed by atoms with van der Waals surface area (Å²) in [5.41, 5.74) is 5.08. The minimum Gasteiger partial charge on any atom is -1.00 e. The Kier molecular flexibility index (Phi) is 41.1. The van der Waals surface area contributed by atoms with Gasteiger partial charge in [-0.2, -0.15) is 0 Å². The molecule has 4 aliphatic carbocycles. The molecule has 0 aliphatic heterocycles. The van der Waals surface area contributed by atoms with E-state index < -0.39 is 0 Å². The van der Waals surface area contributed by atoms with Gasteiger partial charge in [0.25, 0.3) is 0 Å². The Hall–Kier alpha value is -0.901. The fourth-order valence-corrected chi connectivity index (χ4v) is 10.1. The Morgan fingerprint density at radius 3 is 1.00 bits per heavy atom. The molecule has 4 fully saturated rings. The summed E-state index contributed by atoms with van der Waals surface area (Å²) < 4.78 is 6.71. The van der Waals surface area contributed by atoms with E-state index in [0.29, 0.717) is 0 Å². The van der Waals surface area contributed by atoms with Crippen molar-refractivity contribution >= 4 is 22.6 Å². The Bertz CT molecular complexity index is 1600. The van der Waals surface area contributed by atoms with Gasteiger partial charge in [-0.1, -0.05) is 202 Å². The second-order valence-corrected chi connectivity index (χ2v) is 19.3. The molecule has 0 N–H and O–H groups in total. The number of unbranched alkanes of at least 4 members (excludes halogenated alkanes) is 10. The fraction of sp³-hybridized carbons (Fsp3) is 0.655. The molecule has 0 unspecified atom stereocenters. The van der Waals surface area contributed by atoms with Crippen LogP contribution in [0.4, 0.5) is 0 Å². The van der Waals surface area contributed by atoms with Gasteiger partial charge in [0.05, 0.1) is 0 Å². The summed E-state index contributed by atoms with van der Waals surface area (Å²) in [6, 6.07) is 17.4. The van der Waals surface area contributed by atoms with E-state index in [1.165, 1.54) is 228 Å². The zero-order valence-electron chi connectivity index (χ0n) is 41.7. The molecule has 0 spiro atoms. The topological polar surface area (TPSA) is 24.5 Å². The molecule has 4 nitrogen and oxygen atoms in total. The van der Waals surface area contributed by atoms with E-state index in [9.17, 15) is 0 Å². The third-order valence-electron chi connectivity index (χ3n) is 14.1. The second kappa shape index (κ2) is 42.9. The number of hydrogen-bond acceptors (Lipinski definition) is 1. The first kappa shape index (κ1) is 63.1. The molecule has 0 saturated heterocycles. The quantitative estimate of drug-likeness (QED) is 0.0285. The Balaban J connectivity index is 0.000000508. The van der Waals surface area contributed by atoms with E-state index in [-0.39, 0.29) is 58.1 Å². The van der Waals surface area contributed by atoms with E-state index >= 15 is 0 Å². The first-order valence-corrected chi connectivity index (χ1v) is 28.6. The number of aryl methyl sites for hydroxylation is 3. The molecule has 4 aromatic heterocycles. The van der Waals surface area contributed by atoms with Crippen molar-refractivity contribution in [2.45, 2.75) is 219 Å². The minimum atomic E-state index is 0. The Labute approximate surface area is 458 Å². The van der Waals surface area contributed by atoms with Crippen LogP contribution in [0.1, 0.15) is 205 Å². The van der Waals surface area contributed by atoms with Gasteiger partial charge in [0.2, 0.25) is 0 Å². The van der Waals surface area contributed by atoms with Crippen molar-refractivity contribution in [1.82, 2.24) is 4.98 Å². The van der Waals surface area contributed by atoms with Crippen LogP contribution in [0, 0.1) is 11.8 Å². The van der Waals surface area contributed by atoms with E-state index in [1.807, 2.05) is 17.3 Å². The van der Waals surface area contributed by atoms with Gasteiger partial charge < -0.3 is 24.0 Å². The number of rotatable bonds is 20. The molecule has 4 aliphatic rings. The van der Waals surface area contributed by atoms with E-state index in [1.54, 1.807) is 0 Å². The number of hydrogen-bond donors (Lipinski definition) is 0. The monoisotopic (exact) mass is 1210 g/mol. The van der Waals surface area contributed by atoms with Crippen LogP contribution in [0.25, 0.3) is 22.3 Å². The van der Waals surface area contributed by atoms with Gasteiger partial charge in [-0.3, -0.25) is 4.98 Å². The van der Waals surface area contributed by atoms with Crippen LogP contribution < -0.4 is 37.7 Å². The SMILES string of the molecule is C1CCCC1.C1CCCC1.CI.C[n+]1ccc(-c2cc[n+](CCCCCCCCC3CCCC3)cc2)cc1.[Fe].[Fe].[I-].c1cc(-c2cc[n+](CCCCCCCCC3CCCC3)cc2)ccn1. The molecule has 0 atom stereocenters. The molecule has 0 aromatic carbocycles. The van der Waals surface area contributed by atoms with Crippen LogP contribution in [0.3, 0.4) is 0 Å². The first-order chi connectivity index (χ1) is 31.2. The molecule has 0 bridgehead atoms. The number of nitrogens with zero attached hydrogens (tertiary/aromatic N) is 4. The van der Waals surface area contributed by atoms with Crippen molar-refractivity contribution in [3.8, 4) is 22.3 Å². The Morgan fingerprint density at radius 1 is 0.394 bits per heavy atom. The molecule has 4 heterocycles. The van der Waals surface area contributed by atoms with Crippen molar-refractivity contribution in [2.75, 3.05) is 4.93 Å². The van der Waals surface area contributed by atoms with Gasteiger partial charge in [0, 0.05) is 95.8 Å². The molecule has 66 heavy (non-hydrogen) atoms. The summed E-state index contributed by atoms with van der Waals surface area (Å²) in [6.45, 7) is 2.28. The fourth-order valence-electron chi connectivity index (χ4n) is 10.1. The normalized spacial score (nSPS) is 15.2. The van der Waals surface area contributed by atoms with E-state index in [4.69, 9.17) is 0 Å². The summed E-state index contributed by atoms with van der Waals surface area (Å²) in [5, 5.41) is 0. The number of halogens is 2. The summed E-state index contributed by atoms with van der Waals surface area (Å²) >= 11 is 2.15. The maximum absolute atomic E-state index is 4.08. The van der Waals surface area contributed by atoms with Crippen LogP contribution >= 0.6 is 22.6 Å². The molecule has 4 saturated carbocycles. The summed E-state index contributed by atoms with van der Waals surface area (Å²) in [5.74, 6) is 2.15. The van der Waals surface area contributed by atoms with Gasteiger partial charge in [-0.15, -0.1) is 0 Å². The van der Waals surface area contributed by atoms with Crippen LogP contribution in [0.15, 0.2) is 98.1 Å². The average Bonchev–Trinajstić information content (AvgIpc) is 4.21. The molecular formula is C58H92Fe2I2N4+2. The van der Waals surface area contributed by atoms with Gasteiger partial charge in [0.15, 0.2) is 37.2 Å². The van der Waals surface area contributed by atoms with Gasteiger partial charge in [-0.05, 0) is 64.0 Å². The van der Waals surface area contributed by atoms with Crippen molar-refractivity contribution < 1.29 is 71.8 Å².